The Morgan fingerprint density at radius 3 is 2.62 bits per heavy atom. The first kappa shape index (κ1) is 10.1. The van der Waals surface area contributed by atoms with Crippen LogP contribution in [-0.2, 0) is 0 Å². The van der Waals surface area contributed by atoms with Gasteiger partial charge in [-0.3, -0.25) is 0 Å². The van der Waals surface area contributed by atoms with Crippen LogP contribution in [-0.4, -0.2) is 12.1 Å². The lowest BCUT2D eigenvalue weighted by atomic mass is 10.2. The molecule has 0 atom stereocenters. The summed E-state index contributed by atoms with van der Waals surface area (Å²) in [5.74, 6) is -1.35. The van der Waals surface area contributed by atoms with Crippen molar-refractivity contribution < 1.29 is 17.9 Å². The van der Waals surface area contributed by atoms with E-state index in [0.717, 1.165) is 6.07 Å². The Balaban J connectivity index is 3.25. The molecule has 1 aromatic rings. The third kappa shape index (κ3) is 2.03. The van der Waals surface area contributed by atoms with Gasteiger partial charge in [-0.05, 0) is 0 Å². The first-order valence-corrected chi connectivity index (χ1v) is 3.62. The summed E-state index contributed by atoms with van der Waals surface area (Å²) < 4.78 is 41.7. The summed E-state index contributed by atoms with van der Waals surface area (Å²) in [4.78, 5) is 3.37. The van der Waals surface area contributed by atoms with E-state index in [1.807, 2.05) is 0 Å². The monoisotopic (exact) mass is 211 g/mol. The minimum atomic E-state index is -2.94. The fourth-order valence-electron chi connectivity index (χ4n) is 0.757. The molecule has 0 N–H and O–H groups in total. The predicted molar refractivity (Wildman–Crippen MR) is 40.7 cm³/mol. The quantitative estimate of drug-likeness (QED) is 0.702. The Labute approximate surface area is 77.3 Å². The van der Waals surface area contributed by atoms with Crippen molar-refractivity contribution in [2.24, 2.45) is 0 Å². The lowest BCUT2D eigenvalue weighted by Gasteiger charge is -2.05. The largest absolute Gasteiger partial charge is 0.481 e. The highest BCUT2D eigenvalue weighted by atomic mass is 35.5. The van der Waals surface area contributed by atoms with Crippen molar-refractivity contribution in [1.82, 2.24) is 4.98 Å². The topological polar surface area (TPSA) is 22.1 Å². The molecule has 0 unspecified atom stereocenters. The normalized spacial score (nSPS) is 10.6. The minimum absolute atomic E-state index is 0.137. The number of rotatable bonds is 2. The number of nitrogens with zero attached hydrogens (tertiary/aromatic N) is 1. The first-order valence-electron chi connectivity index (χ1n) is 3.24. The highest BCUT2D eigenvalue weighted by Gasteiger charge is 2.18. The molecule has 0 radical (unpaired) electrons. The van der Waals surface area contributed by atoms with Crippen molar-refractivity contribution in [1.29, 1.82) is 0 Å². The van der Waals surface area contributed by atoms with Crippen LogP contribution in [0.3, 0.4) is 0 Å². The van der Waals surface area contributed by atoms with Crippen LogP contribution in [0.5, 0.6) is 5.88 Å². The van der Waals surface area contributed by atoms with Crippen molar-refractivity contribution in [2.45, 2.75) is 6.43 Å². The summed E-state index contributed by atoms with van der Waals surface area (Å²) in [5.41, 5.74) is -0.808. The Kier molecular flexibility index (Phi) is 2.98. The molecule has 0 aliphatic carbocycles. The predicted octanol–water partition coefficient (Wildman–Crippen LogP) is 2.82. The van der Waals surface area contributed by atoms with Crippen LogP contribution in [0.25, 0.3) is 0 Å². The number of hydrogen-bond acceptors (Lipinski definition) is 2. The molecule has 1 heterocycles. The van der Waals surface area contributed by atoms with E-state index in [1.165, 1.54) is 7.11 Å². The van der Waals surface area contributed by atoms with Crippen LogP contribution >= 0.6 is 11.6 Å². The highest BCUT2D eigenvalue weighted by Crippen LogP contribution is 2.28. The van der Waals surface area contributed by atoms with Gasteiger partial charge in [-0.1, -0.05) is 11.6 Å². The van der Waals surface area contributed by atoms with Crippen molar-refractivity contribution >= 4 is 11.6 Å². The Bertz CT molecular complexity index is 319. The van der Waals surface area contributed by atoms with Gasteiger partial charge in [0.25, 0.3) is 6.43 Å². The number of aromatic nitrogens is 1. The molecule has 6 heteroatoms. The van der Waals surface area contributed by atoms with Gasteiger partial charge in [0.1, 0.15) is 0 Å². The van der Waals surface area contributed by atoms with E-state index in [1.54, 1.807) is 0 Å². The smallest absolute Gasteiger partial charge is 0.266 e. The van der Waals surface area contributed by atoms with Gasteiger partial charge in [0.05, 0.1) is 12.7 Å². The molecule has 2 nitrogen and oxygen atoms in total. The molecule has 0 aliphatic rings. The Morgan fingerprint density at radius 2 is 2.15 bits per heavy atom. The molecule has 1 rings (SSSR count). The lowest BCUT2D eigenvalue weighted by molar-refractivity contribution is 0.145. The zero-order valence-corrected chi connectivity index (χ0v) is 7.28. The maximum atomic E-state index is 12.8. The van der Waals surface area contributed by atoms with Crippen molar-refractivity contribution in [3.8, 4) is 5.88 Å². The first-order chi connectivity index (χ1) is 6.06. The number of alkyl halides is 2. The molecule has 0 saturated heterocycles. The van der Waals surface area contributed by atoms with Crippen LogP contribution in [0.2, 0.25) is 5.15 Å². The molecule has 72 valence electrons. The zero-order valence-electron chi connectivity index (χ0n) is 6.52. The van der Waals surface area contributed by atoms with Crippen molar-refractivity contribution in [3.63, 3.8) is 0 Å². The molecule has 0 bridgehead atoms. The molecular weight excluding hydrogens is 207 g/mol. The maximum Gasteiger partial charge on any atom is 0.266 e. The molecule has 0 spiro atoms. The van der Waals surface area contributed by atoms with Crippen LogP contribution < -0.4 is 4.74 Å². The maximum absolute atomic E-state index is 12.8. The van der Waals surface area contributed by atoms with Gasteiger partial charge >= 0.3 is 0 Å². The van der Waals surface area contributed by atoms with E-state index < -0.39 is 23.0 Å². The lowest BCUT2D eigenvalue weighted by Crippen LogP contribution is -1.97. The number of halogens is 4. The van der Waals surface area contributed by atoms with E-state index in [0.29, 0.717) is 0 Å². The number of pyridine rings is 1. The minimum Gasteiger partial charge on any atom is -0.481 e. The van der Waals surface area contributed by atoms with Gasteiger partial charge in [0.15, 0.2) is 11.0 Å². The van der Waals surface area contributed by atoms with Crippen molar-refractivity contribution in [3.05, 3.63) is 22.6 Å². The van der Waals surface area contributed by atoms with E-state index in [4.69, 9.17) is 11.6 Å². The number of hydrogen-bond donors (Lipinski definition) is 0. The standard InChI is InChI=1S/C7H5ClF3NO/c1-13-4-2-3(7(10)11)5(9)6(8)12-4/h2,7H,1H3. The third-order valence-corrected chi connectivity index (χ3v) is 1.62. The summed E-state index contributed by atoms with van der Waals surface area (Å²) in [6.45, 7) is 0. The number of methoxy groups -OCH3 is 1. The third-order valence-electron chi connectivity index (χ3n) is 1.37. The Hall–Kier alpha value is -0.970. The molecule has 13 heavy (non-hydrogen) atoms. The summed E-state index contributed by atoms with van der Waals surface area (Å²) >= 11 is 5.24. The van der Waals surface area contributed by atoms with E-state index in [9.17, 15) is 13.2 Å². The second kappa shape index (κ2) is 3.83. The average Bonchev–Trinajstić information content (AvgIpc) is 2.09. The van der Waals surface area contributed by atoms with Crippen LogP contribution in [0, 0.1) is 5.82 Å². The highest BCUT2D eigenvalue weighted by molar-refractivity contribution is 6.29. The molecular formula is C7H5ClF3NO. The van der Waals surface area contributed by atoms with Crippen molar-refractivity contribution in [2.75, 3.05) is 7.11 Å². The molecule has 0 fully saturated rings. The summed E-state index contributed by atoms with van der Waals surface area (Å²) in [6, 6.07) is 0.811. The number of ether oxygens (including phenoxy) is 1. The van der Waals surface area contributed by atoms with Crippen LogP contribution in [0.4, 0.5) is 13.2 Å². The summed E-state index contributed by atoms with van der Waals surface area (Å²) in [7, 11) is 1.23. The van der Waals surface area contributed by atoms with Crippen LogP contribution in [0.15, 0.2) is 6.07 Å². The van der Waals surface area contributed by atoms with E-state index in [2.05, 4.69) is 9.72 Å². The SMILES string of the molecule is COc1cc(C(F)F)c(F)c(Cl)n1. The van der Waals surface area contributed by atoms with Gasteiger partial charge in [-0.25, -0.2) is 13.2 Å². The summed E-state index contributed by atoms with van der Waals surface area (Å²) in [6.07, 6.45) is -2.94. The molecule has 0 saturated carbocycles. The van der Waals surface area contributed by atoms with Gasteiger partial charge in [-0.2, -0.15) is 4.98 Å². The second-order valence-corrected chi connectivity index (χ2v) is 2.52. The molecule has 0 aliphatic heterocycles. The van der Waals surface area contributed by atoms with E-state index in [-0.39, 0.29) is 5.88 Å². The molecule has 0 amide bonds. The second-order valence-electron chi connectivity index (χ2n) is 2.16. The molecule has 0 aromatic carbocycles. The zero-order chi connectivity index (χ0) is 10.0. The fourth-order valence-corrected chi connectivity index (χ4v) is 0.949. The van der Waals surface area contributed by atoms with Gasteiger partial charge in [0.2, 0.25) is 5.88 Å². The van der Waals surface area contributed by atoms with Crippen LogP contribution in [0.1, 0.15) is 12.0 Å². The summed E-state index contributed by atoms with van der Waals surface area (Å²) in [5, 5.41) is -0.616. The van der Waals surface area contributed by atoms with Gasteiger partial charge in [-0.15, -0.1) is 0 Å². The average molecular weight is 212 g/mol. The molecule has 1 aromatic heterocycles. The van der Waals surface area contributed by atoms with Gasteiger partial charge < -0.3 is 4.74 Å². The Morgan fingerprint density at radius 1 is 1.54 bits per heavy atom. The van der Waals surface area contributed by atoms with Gasteiger partial charge in [0, 0.05) is 6.07 Å². The van der Waals surface area contributed by atoms with E-state index >= 15 is 0 Å². The fraction of sp³-hybridized carbons (Fsp3) is 0.286.